The van der Waals surface area contributed by atoms with Crippen LogP contribution >= 0.6 is 0 Å². The number of rotatable bonds is 5. The van der Waals surface area contributed by atoms with E-state index in [1.165, 1.54) is 25.1 Å². The van der Waals surface area contributed by atoms with Crippen molar-refractivity contribution in [1.82, 2.24) is 29.2 Å². The van der Waals surface area contributed by atoms with Gasteiger partial charge in [0, 0.05) is 14.1 Å². The third-order valence-electron chi connectivity index (χ3n) is 4.30. The van der Waals surface area contributed by atoms with E-state index in [4.69, 9.17) is 5.73 Å². The van der Waals surface area contributed by atoms with Crippen molar-refractivity contribution in [2.45, 2.75) is 13.1 Å². The first-order chi connectivity index (χ1) is 13.7. The summed E-state index contributed by atoms with van der Waals surface area (Å²) < 4.78 is 28.6. The zero-order valence-electron chi connectivity index (χ0n) is 15.6. The molecule has 0 atom stereocenters. The molecule has 0 saturated heterocycles. The molecule has 152 valence electrons. The van der Waals surface area contributed by atoms with Crippen LogP contribution in [0, 0.1) is 11.6 Å². The Bertz CT molecular complexity index is 1220. The molecule has 2 aromatic heterocycles. The number of aromatic nitrogens is 5. The lowest BCUT2D eigenvalue weighted by molar-refractivity contribution is -0.129. The van der Waals surface area contributed by atoms with E-state index in [0.29, 0.717) is 0 Å². The number of halogens is 2. The molecule has 0 unspecified atom stereocenters. The van der Waals surface area contributed by atoms with Gasteiger partial charge in [0.2, 0.25) is 5.91 Å². The van der Waals surface area contributed by atoms with E-state index in [2.05, 4.69) is 15.2 Å². The molecule has 0 aliphatic heterocycles. The van der Waals surface area contributed by atoms with Crippen molar-refractivity contribution in [3.8, 4) is 0 Å². The number of carbonyl (C=O) groups excluding carboxylic acids is 1. The largest absolute Gasteiger partial charge is 0.337 e. The molecule has 0 spiro atoms. The van der Waals surface area contributed by atoms with Crippen LogP contribution < -0.4 is 17.0 Å². The highest BCUT2D eigenvalue weighted by molar-refractivity contribution is 5.77. The molecule has 0 bridgehead atoms. The molecule has 1 aromatic carbocycles. The summed E-state index contributed by atoms with van der Waals surface area (Å²) in [5.41, 5.74) is 3.91. The van der Waals surface area contributed by atoms with E-state index in [-0.39, 0.29) is 48.1 Å². The molecule has 2 heterocycles. The molecular weight excluding hydrogens is 388 g/mol. The summed E-state index contributed by atoms with van der Waals surface area (Å²) in [5, 5.41) is 7.79. The van der Waals surface area contributed by atoms with E-state index in [9.17, 15) is 23.2 Å². The quantitative estimate of drug-likeness (QED) is 0.584. The third-order valence-corrected chi connectivity index (χ3v) is 4.30. The SMILES string of the molecule is CN(Cc1nnc2c(n1)c(=O)n(C)c(=O)n2Cc1ccc(F)c(F)c1)C(=O)CN. The van der Waals surface area contributed by atoms with Crippen molar-refractivity contribution in [2.24, 2.45) is 12.8 Å². The lowest BCUT2D eigenvalue weighted by Crippen LogP contribution is -2.39. The molecule has 29 heavy (non-hydrogen) atoms. The van der Waals surface area contributed by atoms with Gasteiger partial charge in [-0.2, -0.15) is 0 Å². The van der Waals surface area contributed by atoms with Crippen LogP contribution in [0.1, 0.15) is 11.4 Å². The number of hydrogen-bond donors (Lipinski definition) is 1. The Morgan fingerprint density at radius 2 is 1.93 bits per heavy atom. The van der Waals surface area contributed by atoms with Gasteiger partial charge in [-0.1, -0.05) is 6.07 Å². The van der Waals surface area contributed by atoms with Crippen LogP contribution in [-0.4, -0.2) is 48.7 Å². The average molecular weight is 405 g/mol. The van der Waals surface area contributed by atoms with Gasteiger partial charge in [0.1, 0.15) is 0 Å². The first-order valence-electron chi connectivity index (χ1n) is 8.44. The Balaban J connectivity index is 2.10. The van der Waals surface area contributed by atoms with Crippen LogP contribution in [0.4, 0.5) is 8.78 Å². The highest BCUT2D eigenvalue weighted by Crippen LogP contribution is 2.11. The first-order valence-corrected chi connectivity index (χ1v) is 8.44. The lowest BCUT2D eigenvalue weighted by atomic mass is 10.2. The number of carbonyl (C=O) groups is 1. The monoisotopic (exact) mass is 405 g/mol. The highest BCUT2D eigenvalue weighted by Gasteiger charge is 2.17. The zero-order chi connectivity index (χ0) is 21.3. The molecule has 0 fully saturated rings. The number of likely N-dealkylation sites (N-methyl/N-ethyl adjacent to an activating group) is 1. The minimum Gasteiger partial charge on any atom is -0.337 e. The van der Waals surface area contributed by atoms with Crippen molar-refractivity contribution in [3.05, 3.63) is 62.1 Å². The van der Waals surface area contributed by atoms with Crippen molar-refractivity contribution in [1.29, 1.82) is 0 Å². The molecule has 10 nitrogen and oxygen atoms in total. The van der Waals surface area contributed by atoms with Crippen LogP contribution in [0.15, 0.2) is 27.8 Å². The Morgan fingerprint density at radius 1 is 1.21 bits per heavy atom. The number of nitrogens with zero attached hydrogens (tertiary/aromatic N) is 6. The smallest absolute Gasteiger partial charge is 0.332 e. The lowest BCUT2D eigenvalue weighted by Gasteiger charge is -2.15. The maximum Gasteiger partial charge on any atom is 0.332 e. The fourth-order valence-electron chi connectivity index (χ4n) is 2.68. The fraction of sp³-hybridized carbons (Fsp3) is 0.294. The fourth-order valence-corrected chi connectivity index (χ4v) is 2.68. The summed E-state index contributed by atoms with van der Waals surface area (Å²) in [5.74, 6) is -2.36. The van der Waals surface area contributed by atoms with Crippen LogP contribution in [-0.2, 0) is 24.9 Å². The van der Waals surface area contributed by atoms with Crippen LogP contribution in [0.5, 0.6) is 0 Å². The molecule has 3 aromatic rings. The van der Waals surface area contributed by atoms with E-state index in [1.807, 2.05) is 0 Å². The molecule has 3 rings (SSSR count). The standard InChI is InChI=1S/C17H17F2N7O3/c1-24(13(27)6-20)8-12-21-14-15(23-22-12)26(17(29)25(2)16(14)28)7-9-3-4-10(18)11(19)5-9/h3-5H,6-8,20H2,1-2H3. The van der Waals surface area contributed by atoms with E-state index < -0.39 is 22.9 Å². The number of nitrogens with two attached hydrogens (primary N) is 1. The topological polar surface area (TPSA) is 129 Å². The average Bonchev–Trinajstić information content (AvgIpc) is 2.71. The second-order valence-corrected chi connectivity index (χ2v) is 6.34. The number of fused-ring (bicyclic) bond motifs is 1. The van der Waals surface area contributed by atoms with Gasteiger partial charge in [0.05, 0.1) is 19.6 Å². The predicted molar refractivity (Wildman–Crippen MR) is 97.8 cm³/mol. The second-order valence-electron chi connectivity index (χ2n) is 6.34. The Hall–Kier alpha value is -3.54. The number of benzene rings is 1. The highest BCUT2D eigenvalue weighted by atomic mass is 19.2. The van der Waals surface area contributed by atoms with E-state index >= 15 is 0 Å². The maximum atomic E-state index is 13.5. The summed E-state index contributed by atoms with van der Waals surface area (Å²) in [7, 11) is 2.75. The molecule has 0 aliphatic carbocycles. The summed E-state index contributed by atoms with van der Waals surface area (Å²) in [6.45, 7) is -0.417. The summed E-state index contributed by atoms with van der Waals surface area (Å²) in [4.78, 5) is 42.0. The Labute approximate surface area is 162 Å². The molecule has 0 aliphatic rings. The van der Waals surface area contributed by atoms with Gasteiger partial charge in [-0.05, 0) is 17.7 Å². The summed E-state index contributed by atoms with van der Waals surface area (Å²) in [6.07, 6.45) is 0. The Kier molecular flexibility index (Phi) is 5.46. The van der Waals surface area contributed by atoms with E-state index in [0.717, 1.165) is 21.3 Å². The Morgan fingerprint density at radius 3 is 2.59 bits per heavy atom. The van der Waals surface area contributed by atoms with Crippen molar-refractivity contribution in [3.63, 3.8) is 0 Å². The molecular formula is C17H17F2N7O3. The normalized spacial score (nSPS) is 11.1. The number of hydrogen-bond acceptors (Lipinski definition) is 7. The van der Waals surface area contributed by atoms with Crippen molar-refractivity contribution in [2.75, 3.05) is 13.6 Å². The number of amides is 1. The van der Waals surface area contributed by atoms with Gasteiger partial charge >= 0.3 is 5.69 Å². The van der Waals surface area contributed by atoms with Gasteiger partial charge < -0.3 is 10.6 Å². The van der Waals surface area contributed by atoms with Crippen LogP contribution in [0.3, 0.4) is 0 Å². The van der Waals surface area contributed by atoms with Crippen LogP contribution in [0.2, 0.25) is 0 Å². The first kappa shape index (κ1) is 20.2. The van der Waals surface area contributed by atoms with Gasteiger partial charge in [0.15, 0.2) is 28.6 Å². The third kappa shape index (κ3) is 3.87. The molecule has 2 N–H and O–H groups in total. The van der Waals surface area contributed by atoms with Gasteiger partial charge in [-0.15, -0.1) is 10.2 Å². The van der Waals surface area contributed by atoms with Crippen LogP contribution in [0.25, 0.3) is 11.2 Å². The minimum atomic E-state index is -1.07. The molecule has 0 saturated carbocycles. The maximum absolute atomic E-state index is 13.5. The molecule has 12 heteroatoms. The van der Waals surface area contributed by atoms with Gasteiger partial charge in [-0.25, -0.2) is 18.6 Å². The van der Waals surface area contributed by atoms with E-state index in [1.54, 1.807) is 0 Å². The summed E-state index contributed by atoms with van der Waals surface area (Å²) in [6, 6.07) is 3.19. The zero-order valence-corrected chi connectivity index (χ0v) is 15.6. The predicted octanol–water partition coefficient (Wildman–Crippen LogP) is -0.871. The van der Waals surface area contributed by atoms with Gasteiger partial charge in [-0.3, -0.25) is 18.7 Å². The summed E-state index contributed by atoms with van der Waals surface area (Å²) >= 11 is 0. The molecule has 0 radical (unpaired) electrons. The van der Waals surface area contributed by atoms with Crippen molar-refractivity contribution >= 4 is 17.1 Å². The molecule has 1 amide bonds. The van der Waals surface area contributed by atoms with Crippen molar-refractivity contribution < 1.29 is 13.6 Å². The van der Waals surface area contributed by atoms with Gasteiger partial charge in [0.25, 0.3) is 5.56 Å². The second kappa shape index (κ2) is 7.83. The minimum absolute atomic E-state index is 0.0373.